The number of pyridine rings is 1. The van der Waals surface area contributed by atoms with Crippen molar-refractivity contribution in [1.29, 1.82) is 0 Å². The minimum absolute atomic E-state index is 0.173. The average Bonchev–Trinajstić information content (AvgIpc) is 3.60. The number of nitrogens with zero attached hydrogens (tertiary/aromatic N) is 6. The van der Waals surface area contributed by atoms with Gasteiger partial charge in [-0.3, -0.25) is 9.20 Å². The van der Waals surface area contributed by atoms with Crippen LogP contribution in [0.5, 0.6) is 5.75 Å². The standard InChI is InChI=1S/C41H39F3N8O2/c1-54-35-25-34(51-21-15-28(16-22-51)50-18-4-2-5-19-50)31(44)24-33(35)47-41-45-17-14-32(46-41)39-37(48-36-13-3-6-20-52(36)39)26-9-7-10-27(23-26)40(53)49-38-29(42)11-8-12-30(38)43/h3,6-14,17,20,23-25,28H,2,4-5,15-16,18-19,21-22H2,1H3,(H,49,53)(H,45,46,47). The summed E-state index contributed by atoms with van der Waals surface area (Å²) >= 11 is 0. The maximum absolute atomic E-state index is 15.8. The van der Waals surface area contributed by atoms with Crippen LogP contribution in [0.15, 0.2) is 91.3 Å². The van der Waals surface area contributed by atoms with Crippen LogP contribution in [-0.4, -0.2) is 69.5 Å². The highest BCUT2D eigenvalue weighted by atomic mass is 19.1. The van der Waals surface area contributed by atoms with E-state index in [1.807, 2.05) is 28.8 Å². The second-order valence-corrected chi connectivity index (χ2v) is 13.6. The van der Waals surface area contributed by atoms with Crippen molar-refractivity contribution >= 4 is 34.6 Å². The molecular formula is C41H39F3N8O2. The van der Waals surface area contributed by atoms with E-state index in [1.54, 1.807) is 49.7 Å². The van der Waals surface area contributed by atoms with Gasteiger partial charge in [-0.1, -0.05) is 30.7 Å². The normalized spacial score (nSPS) is 15.4. The van der Waals surface area contributed by atoms with E-state index in [0.29, 0.717) is 51.5 Å². The zero-order valence-corrected chi connectivity index (χ0v) is 29.7. The number of aromatic nitrogens is 4. The summed E-state index contributed by atoms with van der Waals surface area (Å²) in [5.74, 6) is -2.15. The van der Waals surface area contributed by atoms with Gasteiger partial charge in [0.05, 0.1) is 35.6 Å². The number of halogens is 3. The molecule has 54 heavy (non-hydrogen) atoms. The van der Waals surface area contributed by atoms with Crippen LogP contribution < -0.4 is 20.3 Å². The van der Waals surface area contributed by atoms with Crippen molar-refractivity contribution in [3.8, 4) is 28.4 Å². The van der Waals surface area contributed by atoms with Gasteiger partial charge in [-0.25, -0.2) is 28.1 Å². The average molecular weight is 733 g/mol. The molecule has 0 unspecified atom stereocenters. The summed E-state index contributed by atoms with van der Waals surface area (Å²) in [6.45, 7) is 3.86. The van der Waals surface area contributed by atoms with E-state index in [1.165, 1.54) is 31.4 Å². The number of nitrogens with one attached hydrogen (secondary N) is 2. The molecule has 2 N–H and O–H groups in total. The first-order valence-electron chi connectivity index (χ1n) is 18.2. The van der Waals surface area contributed by atoms with Gasteiger partial charge in [0, 0.05) is 54.8 Å². The summed E-state index contributed by atoms with van der Waals surface area (Å²) in [5, 5.41) is 5.50. The molecule has 3 aromatic carbocycles. The molecule has 2 saturated heterocycles. The second-order valence-electron chi connectivity index (χ2n) is 13.6. The largest absolute Gasteiger partial charge is 0.494 e. The van der Waals surface area contributed by atoms with E-state index >= 15 is 4.39 Å². The zero-order valence-electron chi connectivity index (χ0n) is 29.7. The number of ether oxygens (including phenoxy) is 1. The monoisotopic (exact) mass is 732 g/mol. The number of fused-ring (bicyclic) bond motifs is 1. The van der Waals surface area contributed by atoms with Gasteiger partial charge in [0.25, 0.3) is 5.91 Å². The van der Waals surface area contributed by atoms with E-state index in [2.05, 4.69) is 25.4 Å². The van der Waals surface area contributed by atoms with E-state index in [0.717, 1.165) is 51.2 Å². The fraction of sp³-hybridized carbons (Fsp3) is 0.268. The van der Waals surface area contributed by atoms with Crippen LogP contribution in [0.2, 0.25) is 0 Å². The number of carbonyl (C=O) groups is 1. The molecule has 5 heterocycles. The Kier molecular flexibility index (Phi) is 9.87. The van der Waals surface area contributed by atoms with Crippen LogP contribution in [0.4, 0.5) is 36.2 Å². The number of carbonyl (C=O) groups excluding carboxylic acids is 1. The number of likely N-dealkylation sites (tertiary alicyclic amines) is 1. The van der Waals surface area contributed by atoms with E-state index in [-0.39, 0.29) is 17.3 Å². The summed E-state index contributed by atoms with van der Waals surface area (Å²) in [4.78, 5) is 32.0. The molecule has 2 aliphatic rings. The lowest BCUT2D eigenvalue weighted by Gasteiger charge is -2.41. The fourth-order valence-electron chi connectivity index (χ4n) is 7.53. The molecule has 2 fully saturated rings. The molecule has 0 radical (unpaired) electrons. The first-order valence-corrected chi connectivity index (χ1v) is 18.2. The molecule has 0 spiro atoms. The number of methoxy groups -OCH3 is 1. The number of piperidine rings is 2. The summed E-state index contributed by atoms with van der Waals surface area (Å²) in [7, 11) is 1.55. The molecule has 276 valence electrons. The highest BCUT2D eigenvalue weighted by Crippen LogP contribution is 2.37. The van der Waals surface area contributed by atoms with Gasteiger partial charge >= 0.3 is 0 Å². The zero-order chi connectivity index (χ0) is 37.2. The Bertz CT molecular complexity index is 2300. The van der Waals surface area contributed by atoms with Crippen LogP contribution in [0.3, 0.4) is 0 Å². The third-order valence-corrected chi connectivity index (χ3v) is 10.3. The van der Waals surface area contributed by atoms with Gasteiger partial charge in [-0.05, 0) is 81.2 Å². The minimum Gasteiger partial charge on any atom is -0.494 e. The van der Waals surface area contributed by atoms with Gasteiger partial charge in [0.2, 0.25) is 5.95 Å². The number of amides is 1. The van der Waals surface area contributed by atoms with Crippen LogP contribution in [0.1, 0.15) is 42.5 Å². The van der Waals surface area contributed by atoms with E-state index in [4.69, 9.17) is 14.7 Å². The van der Waals surface area contributed by atoms with E-state index in [9.17, 15) is 13.6 Å². The van der Waals surface area contributed by atoms with Crippen molar-refractivity contribution < 1.29 is 22.7 Å². The lowest BCUT2D eigenvalue weighted by Crippen LogP contribution is -2.46. The SMILES string of the molecule is COc1cc(N2CCC(N3CCCCC3)CC2)c(F)cc1Nc1nccc(-c2c(-c3cccc(C(=O)Nc4c(F)cccc4F)c3)nc3ccccn23)n1. The minimum atomic E-state index is -0.880. The molecule has 0 aliphatic carbocycles. The Labute approximate surface area is 310 Å². The number of para-hydroxylation sites is 1. The Morgan fingerprint density at radius 1 is 0.833 bits per heavy atom. The van der Waals surface area contributed by atoms with Crippen LogP contribution in [0.25, 0.3) is 28.3 Å². The van der Waals surface area contributed by atoms with Crippen LogP contribution >= 0.6 is 0 Å². The highest BCUT2D eigenvalue weighted by molar-refractivity contribution is 6.05. The summed E-state index contributed by atoms with van der Waals surface area (Å²) < 4.78 is 52.0. The van der Waals surface area contributed by atoms with Crippen molar-refractivity contribution in [3.05, 3.63) is 114 Å². The number of rotatable bonds is 9. The Morgan fingerprint density at radius 3 is 2.39 bits per heavy atom. The highest BCUT2D eigenvalue weighted by Gasteiger charge is 2.28. The number of hydrogen-bond acceptors (Lipinski definition) is 8. The molecule has 2 aliphatic heterocycles. The lowest BCUT2D eigenvalue weighted by molar-refractivity contribution is 0.102. The molecule has 0 saturated carbocycles. The molecule has 0 bridgehead atoms. The number of hydrogen-bond donors (Lipinski definition) is 2. The fourth-order valence-corrected chi connectivity index (χ4v) is 7.53. The Hall–Kier alpha value is -5.95. The first-order chi connectivity index (χ1) is 26.4. The molecule has 3 aromatic heterocycles. The number of benzene rings is 3. The Morgan fingerprint density at radius 2 is 1.61 bits per heavy atom. The van der Waals surface area contributed by atoms with Gasteiger partial charge < -0.3 is 25.2 Å². The van der Waals surface area contributed by atoms with Crippen LogP contribution in [-0.2, 0) is 0 Å². The van der Waals surface area contributed by atoms with Crippen molar-refractivity contribution in [1.82, 2.24) is 24.3 Å². The van der Waals surface area contributed by atoms with E-state index < -0.39 is 23.2 Å². The number of imidazole rings is 1. The van der Waals surface area contributed by atoms with Crippen molar-refractivity contribution in [2.45, 2.75) is 38.1 Å². The summed E-state index contributed by atoms with van der Waals surface area (Å²) in [5.41, 5.74) is 3.34. The first kappa shape index (κ1) is 35.1. The molecule has 8 rings (SSSR count). The number of anilines is 4. The van der Waals surface area contributed by atoms with Gasteiger partial charge in [-0.2, -0.15) is 0 Å². The predicted molar refractivity (Wildman–Crippen MR) is 203 cm³/mol. The van der Waals surface area contributed by atoms with Gasteiger partial charge in [-0.15, -0.1) is 0 Å². The van der Waals surface area contributed by atoms with Crippen molar-refractivity contribution in [2.75, 3.05) is 48.8 Å². The maximum Gasteiger partial charge on any atom is 0.255 e. The summed E-state index contributed by atoms with van der Waals surface area (Å²) in [6, 6.07) is 21.0. The maximum atomic E-state index is 15.8. The molecule has 1 amide bonds. The third-order valence-electron chi connectivity index (χ3n) is 10.3. The molecule has 10 nitrogen and oxygen atoms in total. The third kappa shape index (κ3) is 7.06. The smallest absolute Gasteiger partial charge is 0.255 e. The van der Waals surface area contributed by atoms with Crippen molar-refractivity contribution in [3.63, 3.8) is 0 Å². The van der Waals surface area contributed by atoms with Gasteiger partial charge in [0.1, 0.15) is 34.5 Å². The lowest BCUT2D eigenvalue weighted by atomic mass is 9.99. The quantitative estimate of drug-likeness (QED) is 0.153. The summed E-state index contributed by atoms with van der Waals surface area (Å²) in [6.07, 6.45) is 9.25. The van der Waals surface area contributed by atoms with Crippen molar-refractivity contribution in [2.24, 2.45) is 0 Å². The Balaban J connectivity index is 1.06. The predicted octanol–water partition coefficient (Wildman–Crippen LogP) is 8.33. The molecule has 13 heteroatoms. The molecule has 0 atom stereocenters. The molecule has 6 aromatic rings. The van der Waals surface area contributed by atoms with Gasteiger partial charge in [0.15, 0.2) is 0 Å². The topological polar surface area (TPSA) is 99.9 Å². The van der Waals surface area contributed by atoms with Crippen LogP contribution in [0, 0.1) is 17.5 Å². The second kappa shape index (κ2) is 15.2. The molecular weight excluding hydrogens is 693 g/mol.